The third kappa shape index (κ3) is 38.9. The number of rotatable bonds is 47. The van der Waals surface area contributed by atoms with Crippen molar-refractivity contribution in [3.05, 3.63) is 12.2 Å². The number of esters is 6. The van der Waals surface area contributed by atoms with Crippen LogP contribution in [-0.2, 0) is 61.9 Å². The molecule has 1 amide bonds. The molecule has 1 rings (SSSR count). The lowest BCUT2D eigenvalue weighted by atomic mass is 10.1. The van der Waals surface area contributed by atoms with E-state index in [1.807, 2.05) is 31.1 Å². The second kappa shape index (κ2) is 47.0. The molecule has 75 heavy (non-hydrogen) atoms. The number of amides is 1. The van der Waals surface area contributed by atoms with Crippen LogP contribution in [0.15, 0.2) is 12.2 Å². The molecular weight excluding hydrogens is 961 g/mol. The molecular formula is C59H104N2O14. The molecule has 0 aromatic heterocycles. The van der Waals surface area contributed by atoms with Crippen molar-refractivity contribution in [3.63, 3.8) is 0 Å². The Balaban J connectivity index is 3.10. The van der Waals surface area contributed by atoms with Gasteiger partial charge in [-0.05, 0) is 52.6 Å². The Hall–Kier alpha value is -4.21. The van der Waals surface area contributed by atoms with Gasteiger partial charge in [0.2, 0.25) is 0 Å². The van der Waals surface area contributed by atoms with E-state index >= 15 is 0 Å². The molecule has 0 aromatic carbocycles. The largest absolute Gasteiger partial charge is 0.465 e. The first kappa shape index (κ1) is 68.8. The number of carbonyl (C=O) groups is 7. The molecule has 16 nitrogen and oxygen atoms in total. The fourth-order valence-corrected chi connectivity index (χ4v) is 8.65. The summed E-state index contributed by atoms with van der Waals surface area (Å²) in [7, 11) is 3.71. The molecule has 1 aliphatic heterocycles. The molecule has 2 atom stereocenters. The predicted octanol–water partition coefficient (Wildman–Crippen LogP) is 12.3. The minimum Gasteiger partial charge on any atom is -0.465 e. The van der Waals surface area contributed by atoms with Crippen LogP contribution in [-0.4, -0.2) is 131 Å². The van der Waals surface area contributed by atoms with Crippen LogP contribution in [0.25, 0.3) is 0 Å². The lowest BCUT2D eigenvalue weighted by molar-refractivity contribution is -0.156. The quantitative estimate of drug-likeness (QED) is 0.0242. The van der Waals surface area contributed by atoms with Crippen molar-refractivity contribution in [1.29, 1.82) is 0 Å². The highest BCUT2D eigenvalue weighted by atomic mass is 16.6. The molecule has 1 aliphatic rings. The molecule has 0 N–H and O–H groups in total. The Bertz CT molecular complexity index is 1390. The standard InChI is InChI=1S/C59H104N2O14/c1-7-11-15-19-23-27-35-53(62)70-43-49(44-71-54(63)36-28-24-20-16-12-8-2)41-57(66)74-47-51-33-31-32-34-52(61(51)59(68)69-40-39-60(5)6)48-75-58(67)42-50(45-72-55(64)37-29-25-21-17-13-9-3)46-73-56(65)38-30-26-22-18-14-10-4/h31-32,49-52H,7-30,33-48H2,1-6H3/t51-,52+. The van der Waals surface area contributed by atoms with Crippen LogP contribution in [0, 0.1) is 11.8 Å². The Kier molecular flexibility index (Phi) is 43.2. The second-order valence-corrected chi connectivity index (χ2v) is 20.9. The molecule has 0 aromatic rings. The van der Waals surface area contributed by atoms with E-state index in [2.05, 4.69) is 27.7 Å². The van der Waals surface area contributed by atoms with Crippen molar-refractivity contribution in [2.24, 2.45) is 11.8 Å². The zero-order valence-electron chi connectivity index (χ0n) is 47.9. The summed E-state index contributed by atoms with van der Waals surface area (Å²) in [6.45, 7) is 8.24. The number of carbonyl (C=O) groups excluding carboxylic acids is 7. The van der Waals surface area contributed by atoms with Crippen LogP contribution in [0.2, 0.25) is 0 Å². The summed E-state index contributed by atoms with van der Waals surface area (Å²) in [5.74, 6) is -4.03. The molecule has 0 saturated carbocycles. The van der Waals surface area contributed by atoms with Gasteiger partial charge in [0.15, 0.2) is 0 Å². The predicted molar refractivity (Wildman–Crippen MR) is 292 cm³/mol. The van der Waals surface area contributed by atoms with Gasteiger partial charge in [-0.2, -0.15) is 0 Å². The summed E-state index contributed by atoms with van der Waals surface area (Å²) in [6.07, 6.45) is 28.8. The molecule has 0 saturated heterocycles. The third-order valence-corrected chi connectivity index (χ3v) is 13.4. The fourth-order valence-electron chi connectivity index (χ4n) is 8.65. The zero-order chi connectivity index (χ0) is 55.2. The summed E-state index contributed by atoms with van der Waals surface area (Å²) >= 11 is 0. The molecule has 434 valence electrons. The van der Waals surface area contributed by atoms with Crippen molar-refractivity contribution >= 4 is 41.9 Å². The first-order valence-corrected chi connectivity index (χ1v) is 29.5. The maximum absolute atomic E-state index is 13.9. The van der Waals surface area contributed by atoms with E-state index in [0.29, 0.717) is 45.1 Å². The van der Waals surface area contributed by atoms with Crippen LogP contribution < -0.4 is 0 Å². The Labute approximate surface area is 453 Å². The zero-order valence-corrected chi connectivity index (χ0v) is 47.9. The van der Waals surface area contributed by atoms with E-state index in [4.69, 9.17) is 33.2 Å². The normalized spacial score (nSPS) is 14.4. The van der Waals surface area contributed by atoms with Crippen molar-refractivity contribution < 1.29 is 66.7 Å². The van der Waals surface area contributed by atoms with E-state index in [0.717, 1.165) is 128 Å². The van der Waals surface area contributed by atoms with Gasteiger partial charge < -0.3 is 38.1 Å². The van der Waals surface area contributed by atoms with Crippen molar-refractivity contribution in [2.45, 2.75) is 245 Å². The number of ether oxygens (including phenoxy) is 7. The van der Waals surface area contributed by atoms with Crippen LogP contribution in [0.3, 0.4) is 0 Å². The van der Waals surface area contributed by atoms with Crippen LogP contribution in [0.5, 0.6) is 0 Å². The first-order valence-electron chi connectivity index (χ1n) is 29.5. The molecule has 0 spiro atoms. The van der Waals surface area contributed by atoms with Gasteiger partial charge in [-0.15, -0.1) is 0 Å². The van der Waals surface area contributed by atoms with Crippen molar-refractivity contribution in [2.75, 3.05) is 66.9 Å². The van der Waals surface area contributed by atoms with Crippen molar-refractivity contribution in [3.8, 4) is 0 Å². The van der Waals surface area contributed by atoms with E-state index < -0.39 is 42.0 Å². The molecule has 16 heteroatoms. The highest BCUT2D eigenvalue weighted by molar-refractivity contribution is 5.73. The van der Waals surface area contributed by atoms with Crippen LogP contribution in [0.1, 0.15) is 233 Å². The van der Waals surface area contributed by atoms with Gasteiger partial charge in [0, 0.05) is 44.1 Å². The Morgan fingerprint density at radius 2 is 0.707 bits per heavy atom. The number of hydrogen-bond donors (Lipinski definition) is 0. The molecule has 0 fully saturated rings. The van der Waals surface area contributed by atoms with Crippen LogP contribution in [0.4, 0.5) is 4.79 Å². The first-order chi connectivity index (χ1) is 36.3. The fraction of sp³-hybridized carbons (Fsp3) is 0.847. The second-order valence-electron chi connectivity index (χ2n) is 20.9. The average Bonchev–Trinajstić information content (AvgIpc) is 3.60. The Morgan fingerprint density at radius 3 is 1.00 bits per heavy atom. The monoisotopic (exact) mass is 1060 g/mol. The van der Waals surface area contributed by atoms with Gasteiger partial charge in [-0.25, -0.2) is 4.79 Å². The molecule has 0 aliphatic carbocycles. The SMILES string of the molecule is CCCCCCCCC(=O)OCC(COC(=O)CCCCCCCC)CC(=O)OC[C@H]1CC=CC[C@@H](COC(=O)CC(COC(=O)CCCCCCCC)COC(=O)CCCCCCCC)N1C(=O)OCCN(C)C. The number of nitrogens with zero attached hydrogens (tertiary/aromatic N) is 2. The number of likely N-dealkylation sites (N-methyl/N-ethyl adjacent to an activating group) is 1. The summed E-state index contributed by atoms with van der Waals surface area (Å²) in [5.41, 5.74) is 0. The van der Waals surface area contributed by atoms with E-state index in [1.165, 1.54) is 4.90 Å². The topological polar surface area (TPSA) is 191 Å². The average molecular weight is 1070 g/mol. The van der Waals surface area contributed by atoms with Gasteiger partial charge in [-0.1, -0.05) is 168 Å². The van der Waals surface area contributed by atoms with Gasteiger partial charge in [0.05, 0.1) is 51.4 Å². The molecule has 0 unspecified atom stereocenters. The van der Waals surface area contributed by atoms with E-state index in [9.17, 15) is 33.6 Å². The van der Waals surface area contributed by atoms with Crippen LogP contribution >= 0.6 is 0 Å². The molecule has 0 radical (unpaired) electrons. The summed E-state index contributed by atoms with van der Waals surface area (Å²) < 4.78 is 39.8. The maximum Gasteiger partial charge on any atom is 0.410 e. The highest BCUT2D eigenvalue weighted by Crippen LogP contribution is 2.22. The smallest absolute Gasteiger partial charge is 0.410 e. The number of hydrogen-bond acceptors (Lipinski definition) is 15. The van der Waals surface area contributed by atoms with Gasteiger partial charge in [0.1, 0.15) is 19.8 Å². The summed E-state index contributed by atoms with van der Waals surface area (Å²) in [4.78, 5) is 95.4. The molecule has 1 heterocycles. The van der Waals surface area contributed by atoms with Gasteiger partial charge in [-0.3, -0.25) is 33.7 Å². The Morgan fingerprint density at radius 1 is 0.413 bits per heavy atom. The molecule has 0 bridgehead atoms. The van der Waals surface area contributed by atoms with E-state index in [1.54, 1.807) is 0 Å². The highest BCUT2D eigenvalue weighted by Gasteiger charge is 2.35. The maximum atomic E-state index is 13.9. The summed E-state index contributed by atoms with van der Waals surface area (Å²) in [6, 6.07) is -1.39. The lowest BCUT2D eigenvalue weighted by Gasteiger charge is -2.35. The van der Waals surface area contributed by atoms with Crippen molar-refractivity contribution in [1.82, 2.24) is 9.80 Å². The van der Waals surface area contributed by atoms with Gasteiger partial charge >= 0.3 is 41.9 Å². The minimum atomic E-state index is -0.697. The minimum absolute atomic E-state index is 0.0858. The number of unbranched alkanes of at least 4 members (excludes halogenated alkanes) is 20. The van der Waals surface area contributed by atoms with Gasteiger partial charge in [0.25, 0.3) is 0 Å². The van der Waals surface area contributed by atoms with E-state index in [-0.39, 0.29) is 109 Å². The third-order valence-electron chi connectivity index (χ3n) is 13.4. The lowest BCUT2D eigenvalue weighted by Crippen LogP contribution is -2.51. The summed E-state index contributed by atoms with van der Waals surface area (Å²) in [5, 5.41) is 0.